The summed E-state index contributed by atoms with van der Waals surface area (Å²) >= 11 is 2.32. The topological polar surface area (TPSA) is 21.3 Å². The van der Waals surface area contributed by atoms with Crippen LogP contribution < -0.4 is 5.32 Å². The maximum Gasteiger partial charge on any atom is 0.0614 e. The summed E-state index contributed by atoms with van der Waals surface area (Å²) in [4.78, 5) is 0. The minimum Gasteiger partial charge on any atom is -0.382 e. The minimum atomic E-state index is 0.483. The van der Waals surface area contributed by atoms with Crippen molar-refractivity contribution >= 4 is 28.3 Å². The first kappa shape index (κ1) is 11.2. The Labute approximate surface area is 105 Å². The van der Waals surface area contributed by atoms with Gasteiger partial charge in [0, 0.05) is 21.9 Å². The molecule has 0 radical (unpaired) electrons. The summed E-state index contributed by atoms with van der Waals surface area (Å²) in [5, 5.41) is 3.51. The van der Waals surface area contributed by atoms with Crippen molar-refractivity contribution < 1.29 is 4.74 Å². The number of rotatable bonds is 4. The van der Waals surface area contributed by atoms with E-state index in [1.807, 2.05) is 0 Å². The van der Waals surface area contributed by atoms with Crippen LogP contribution in [-0.2, 0) is 4.74 Å². The van der Waals surface area contributed by atoms with Crippen molar-refractivity contribution in [2.24, 2.45) is 0 Å². The molecular formula is C12H16INO. The summed E-state index contributed by atoms with van der Waals surface area (Å²) in [5.41, 5.74) is 1.22. The van der Waals surface area contributed by atoms with Crippen LogP contribution in [0.5, 0.6) is 0 Å². The standard InChI is InChI=1S/C12H16INO/c1-2-15-12-7-11(8-12)14-10-5-3-9(13)4-6-10/h3-6,11-12,14H,2,7-8H2,1H3. The van der Waals surface area contributed by atoms with Gasteiger partial charge in [0.05, 0.1) is 6.10 Å². The molecule has 1 aliphatic carbocycles. The molecule has 1 aromatic carbocycles. The van der Waals surface area contributed by atoms with Crippen molar-refractivity contribution in [3.05, 3.63) is 27.8 Å². The van der Waals surface area contributed by atoms with E-state index in [2.05, 4.69) is 59.1 Å². The molecule has 82 valence electrons. The third kappa shape index (κ3) is 3.08. The molecule has 1 fully saturated rings. The molecular weight excluding hydrogens is 301 g/mol. The lowest BCUT2D eigenvalue weighted by atomic mass is 9.89. The van der Waals surface area contributed by atoms with Crippen molar-refractivity contribution in [2.75, 3.05) is 11.9 Å². The van der Waals surface area contributed by atoms with Crippen molar-refractivity contribution in [2.45, 2.75) is 31.9 Å². The van der Waals surface area contributed by atoms with Gasteiger partial charge >= 0.3 is 0 Å². The maximum absolute atomic E-state index is 5.52. The van der Waals surface area contributed by atoms with E-state index in [1.165, 1.54) is 9.26 Å². The third-order valence-corrected chi connectivity index (χ3v) is 3.43. The van der Waals surface area contributed by atoms with E-state index < -0.39 is 0 Å². The molecule has 0 bridgehead atoms. The van der Waals surface area contributed by atoms with E-state index in [-0.39, 0.29) is 0 Å². The molecule has 0 heterocycles. The molecule has 15 heavy (non-hydrogen) atoms. The number of hydrogen-bond donors (Lipinski definition) is 1. The zero-order valence-electron chi connectivity index (χ0n) is 8.87. The largest absolute Gasteiger partial charge is 0.382 e. The van der Waals surface area contributed by atoms with Gasteiger partial charge in [0.25, 0.3) is 0 Å². The Bertz CT molecular complexity index is 306. The molecule has 0 atom stereocenters. The van der Waals surface area contributed by atoms with Crippen LogP contribution in [0.1, 0.15) is 19.8 Å². The molecule has 1 N–H and O–H groups in total. The predicted molar refractivity (Wildman–Crippen MR) is 71.2 cm³/mol. The first-order valence-corrected chi connectivity index (χ1v) is 6.49. The molecule has 2 rings (SSSR count). The highest BCUT2D eigenvalue weighted by molar-refractivity contribution is 14.1. The van der Waals surface area contributed by atoms with Crippen LogP contribution >= 0.6 is 22.6 Å². The second-order valence-electron chi connectivity index (χ2n) is 3.90. The number of nitrogens with one attached hydrogen (secondary N) is 1. The van der Waals surface area contributed by atoms with E-state index in [1.54, 1.807) is 0 Å². The lowest BCUT2D eigenvalue weighted by molar-refractivity contribution is 0.00299. The van der Waals surface area contributed by atoms with Gasteiger partial charge in [-0.2, -0.15) is 0 Å². The summed E-state index contributed by atoms with van der Waals surface area (Å²) in [6.07, 6.45) is 2.76. The fourth-order valence-electron chi connectivity index (χ4n) is 1.84. The van der Waals surface area contributed by atoms with Crippen molar-refractivity contribution in [1.82, 2.24) is 0 Å². The van der Waals surface area contributed by atoms with Gasteiger partial charge in [-0.1, -0.05) is 0 Å². The summed E-state index contributed by atoms with van der Waals surface area (Å²) in [5.74, 6) is 0. The maximum atomic E-state index is 5.52. The van der Waals surface area contributed by atoms with Crippen molar-refractivity contribution in [3.63, 3.8) is 0 Å². The van der Waals surface area contributed by atoms with E-state index >= 15 is 0 Å². The first-order valence-electron chi connectivity index (χ1n) is 5.41. The normalized spacial score (nSPS) is 24.7. The molecule has 0 aliphatic heterocycles. The third-order valence-electron chi connectivity index (χ3n) is 2.71. The predicted octanol–water partition coefficient (Wildman–Crippen LogP) is 3.27. The zero-order valence-corrected chi connectivity index (χ0v) is 11.0. The Kier molecular flexibility index (Phi) is 3.86. The van der Waals surface area contributed by atoms with Gasteiger partial charge < -0.3 is 10.1 Å². The highest BCUT2D eigenvalue weighted by Crippen LogP contribution is 2.26. The molecule has 1 aromatic rings. The number of halogens is 1. The molecule has 0 spiro atoms. The van der Waals surface area contributed by atoms with E-state index in [0.717, 1.165) is 19.4 Å². The fraction of sp³-hybridized carbons (Fsp3) is 0.500. The van der Waals surface area contributed by atoms with Crippen LogP contribution in [0, 0.1) is 3.57 Å². The van der Waals surface area contributed by atoms with Crippen molar-refractivity contribution in [1.29, 1.82) is 0 Å². The van der Waals surface area contributed by atoms with Crippen LogP contribution in [0.3, 0.4) is 0 Å². The van der Waals surface area contributed by atoms with Crippen LogP contribution in [0.4, 0.5) is 5.69 Å². The first-order chi connectivity index (χ1) is 7.28. The average molecular weight is 317 g/mol. The zero-order chi connectivity index (χ0) is 10.7. The molecule has 1 saturated carbocycles. The van der Waals surface area contributed by atoms with Gasteiger partial charge in [0.2, 0.25) is 0 Å². The molecule has 0 saturated heterocycles. The van der Waals surface area contributed by atoms with E-state index in [9.17, 15) is 0 Å². The van der Waals surface area contributed by atoms with Crippen LogP contribution in [-0.4, -0.2) is 18.8 Å². The lowest BCUT2D eigenvalue weighted by Crippen LogP contribution is -2.40. The van der Waals surface area contributed by atoms with Gasteiger partial charge in [-0.15, -0.1) is 0 Å². The Morgan fingerprint density at radius 3 is 2.60 bits per heavy atom. The summed E-state index contributed by atoms with van der Waals surface area (Å²) in [6, 6.07) is 9.12. The SMILES string of the molecule is CCOC1CC(Nc2ccc(I)cc2)C1. The Morgan fingerprint density at radius 2 is 2.00 bits per heavy atom. The van der Waals surface area contributed by atoms with Crippen LogP contribution in [0.25, 0.3) is 0 Å². The molecule has 1 aliphatic rings. The molecule has 0 amide bonds. The Balaban J connectivity index is 1.77. The Hall–Kier alpha value is -0.290. The minimum absolute atomic E-state index is 0.483. The van der Waals surface area contributed by atoms with Gasteiger partial charge in [0.15, 0.2) is 0 Å². The molecule has 3 heteroatoms. The number of hydrogen-bond acceptors (Lipinski definition) is 2. The summed E-state index contributed by atoms with van der Waals surface area (Å²) in [6.45, 7) is 2.89. The van der Waals surface area contributed by atoms with Crippen molar-refractivity contribution in [3.8, 4) is 0 Å². The summed E-state index contributed by atoms with van der Waals surface area (Å²) in [7, 11) is 0. The van der Waals surface area contributed by atoms with E-state index in [0.29, 0.717) is 12.1 Å². The van der Waals surface area contributed by atoms with Gasteiger partial charge in [-0.05, 0) is 66.6 Å². The fourth-order valence-corrected chi connectivity index (χ4v) is 2.20. The lowest BCUT2D eigenvalue weighted by Gasteiger charge is -2.36. The van der Waals surface area contributed by atoms with Gasteiger partial charge in [-0.3, -0.25) is 0 Å². The van der Waals surface area contributed by atoms with Crippen LogP contribution in [0.2, 0.25) is 0 Å². The molecule has 2 nitrogen and oxygen atoms in total. The van der Waals surface area contributed by atoms with Gasteiger partial charge in [-0.25, -0.2) is 0 Å². The Morgan fingerprint density at radius 1 is 1.33 bits per heavy atom. The second kappa shape index (κ2) is 5.16. The van der Waals surface area contributed by atoms with E-state index in [4.69, 9.17) is 4.74 Å². The molecule has 0 aromatic heterocycles. The smallest absolute Gasteiger partial charge is 0.0614 e. The number of benzene rings is 1. The second-order valence-corrected chi connectivity index (χ2v) is 5.14. The highest BCUT2D eigenvalue weighted by Gasteiger charge is 2.29. The van der Waals surface area contributed by atoms with Gasteiger partial charge in [0.1, 0.15) is 0 Å². The number of ether oxygens (including phenoxy) is 1. The summed E-state index contributed by atoms with van der Waals surface area (Å²) < 4.78 is 6.80. The quantitative estimate of drug-likeness (QED) is 0.861. The highest BCUT2D eigenvalue weighted by atomic mass is 127. The number of anilines is 1. The molecule has 0 unspecified atom stereocenters. The monoisotopic (exact) mass is 317 g/mol. The van der Waals surface area contributed by atoms with Crippen LogP contribution in [0.15, 0.2) is 24.3 Å². The average Bonchev–Trinajstić information content (AvgIpc) is 2.18.